The molecular formula is C12H12N2O3. The van der Waals surface area contributed by atoms with Crippen LogP contribution in [0.15, 0.2) is 24.3 Å². The number of hydrogen-bond donors (Lipinski definition) is 1. The van der Waals surface area contributed by atoms with E-state index in [1.807, 2.05) is 6.07 Å². The first-order valence-corrected chi connectivity index (χ1v) is 5.34. The predicted octanol–water partition coefficient (Wildman–Crippen LogP) is 1.27. The Bertz CT molecular complexity index is 467. The molecule has 1 unspecified atom stereocenters. The monoisotopic (exact) mass is 232 g/mol. The van der Waals surface area contributed by atoms with Crippen LogP contribution in [0.5, 0.6) is 0 Å². The largest absolute Gasteiger partial charge is 0.443 e. The number of carbonyl (C=O) groups excluding carboxylic acids is 1. The number of benzene rings is 1. The number of aliphatic hydroxyl groups excluding tert-OH is 1. The van der Waals surface area contributed by atoms with E-state index in [-0.39, 0.29) is 6.61 Å². The number of cyclic esters (lactones) is 1. The lowest BCUT2D eigenvalue weighted by Crippen LogP contribution is -2.43. The van der Waals surface area contributed by atoms with E-state index in [9.17, 15) is 4.79 Å². The normalized spacial score (nSPS) is 19.6. The molecule has 5 heteroatoms. The number of hydrogen-bond acceptors (Lipinski definition) is 4. The minimum Gasteiger partial charge on any atom is -0.443 e. The number of ether oxygens (including phenoxy) is 1. The van der Waals surface area contributed by atoms with Gasteiger partial charge in [0.25, 0.3) is 0 Å². The molecule has 88 valence electrons. The Morgan fingerprint density at radius 1 is 1.59 bits per heavy atom. The lowest BCUT2D eigenvalue weighted by atomic mass is 10.1. The Labute approximate surface area is 98.8 Å². The number of anilines is 1. The smallest absolute Gasteiger partial charge is 0.414 e. The molecule has 17 heavy (non-hydrogen) atoms. The van der Waals surface area contributed by atoms with Gasteiger partial charge in [-0.15, -0.1) is 0 Å². The van der Waals surface area contributed by atoms with Crippen molar-refractivity contribution in [3.05, 3.63) is 29.8 Å². The molecule has 0 saturated carbocycles. The van der Waals surface area contributed by atoms with Crippen LogP contribution in [0.1, 0.15) is 12.0 Å². The number of nitrogens with zero attached hydrogens (tertiary/aromatic N) is 2. The molecule has 1 aromatic carbocycles. The predicted molar refractivity (Wildman–Crippen MR) is 60.5 cm³/mol. The fraction of sp³-hybridized carbons (Fsp3) is 0.333. The summed E-state index contributed by atoms with van der Waals surface area (Å²) in [4.78, 5) is 13.1. The summed E-state index contributed by atoms with van der Waals surface area (Å²) < 4.78 is 5.03. The molecule has 0 bridgehead atoms. The first kappa shape index (κ1) is 11.4. The molecular weight excluding hydrogens is 220 g/mol. The van der Waals surface area contributed by atoms with E-state index < -0.39 is 12.2 Å². The summed E-state index contributed by atoms with van der Waals surface area (Å²) in [6.07, 6.45) is -0.317. The van der Waals surface area contributed by atoms with Crippen molar-refractivity contribution in [1.82, 2.24) is 0 Å². The van der Waals surface area contributed by atoms with Crippen LogP contribution in [-0.2, 0) is 4.74 Å². The Morgan fingerprint density at radius 2 is 2.41 bits per heavy atom. The van der Waals surface area contributed by atoms with Gasteiger partial charge in [0.15, 0.2) is 0 Å². The maximum atomic E-state index is 11.7. The van der Waals surface area contributed by atoms with Crippen molar-refractivity contribution < 1.29 is 14.6 Å². The van der Waals surface area contributed by atoms with E-state index >= 15 is 0 Å². The SMILES string of the molecule is N#Cc1cccc(N2CCC(CO)OC2=O)c1. The van der Waals surface area contributed by atoms with Crippen LogP contribution in [0, 0.1) is 11.3 Å². The zero-order chi connectivity index (χ0) is 12.3. The van der Waals surface area contributed by atoms with Gasteiger partial charge < -0.3 is 9.84 Å². The maximum Gasteiger partial charge on any atom is 0.414 e. The van der Waals surface area contributed by atoms with E-state index in [1.165, 1.54) is 4.90 Å². The Morgan fingerprint density at radius 3 is 3.06 bits per heavy atom. The van der Waals surface area contributed by atoms with Crippen LogP contribution in [0.4, 0.5) is 10.5 Å². The highest BCUT2D eigenvalue weighted by atomic mass is 16.6. The number of amides is 1. The van der Waals surface area contributed by atoms with Crippen molar-refractivity contribution >= 4 is 11.8 Å². The molecule has 0 aromatic heterocycles. The van der Waals surface area contributed by atoms with Crippen LogP contribution in [0.25, 0.3) is 0 Å². The Balaban J connectivity index is 2.18. The average Bonchev–Trinajstić information content (AvgIpc) is 2.38. The zero-order valence-electron chi connectivity index (χ0n) is 9.17. The summed E-state index contributed by atoms with van der Waals surface area (Å²) in [6, 6.07) is 8.81. The van der Waals surface area contributed by atoms with E-state index in [2.05, 4.69) is 0 Å². The highest BCUT2D eigenvalue weighted by Gasteiger charge is 2.27. The minimum atomic E-state index is -0.481. The topological polar surface area (TPSA) is 73.6 Å². The van der Waals surface area contributed by atoms with Gasteiger partial charge in [0.05, 0.1) is 18.2 Å². The number of nitriles is 1. The third-order valence-electron chi connectivity index (χ3n) is 2.65. The van der Waals surface area contributed by atoms with Crippen molar-refractivity contribution in [2.45, 2.75) is 12.5 Å². The molecule has 1 aromatic rings. The van der Waals surface area contributed by atoms with Crippen molar-refractivity contribution in [1.29, 1.82) is 5.26 Å². The molecule has 1 amide bonds. The summed E-state index contributed by atoms with van der Waals surface area (Å²) >= 11 is 0. The average molecular weight is 232 g/mol. The van der Waals surface area contributed by atoms with Crippen molar-refractivity contribution in [3.63, 3.8) is 0 Å². The molecule has 1 fully saturated rings. The minimum absolute atomic E-state index is 0.155. The van der Waals surface area contributed by atoms with Gasteiger partial charge in [0.1, 0.15) is 6.10 Å². The van der Waals surface area contributed by atoms with Gasteiger partial charge in [-0.25, -0.2) is 4.79 Å². The second-order valence-corrected chi connectivity index (χ2v) is 3.79. The Hall–Kier alpha value is -2.06. The lowest BCUT2D eigenvalue weighted by molar-refractivity contribution is 0.0453. The van der Waals surface area contributed by atoms with Crippen molar-refractivity contribution in [3.8, 4) is 6.07 Å². The lowest BCUT2D eigenvalue weighted by Gasteiger charge is -2.30. The van der Waals surface area contributed by atoms with Gasteiger partial charge in [0.2, 0.25) is 0 Å². The van der Waals surface area contributed by atoms with Gasteiger partial charge in [-0.1, -0.05) is 6.07 Å². The molecule has 5 nitrogen and oxygen atoms in total. The number of carbonyl (C=O) groups is 1. The van der Waals surface area contributed by atoms with E-state index in [0.717, 1.165) is 0 Å². The standard InChI is InChI=1S/C12H12N2O3/c13-7-9-2-1-3-10(6-9)14-5-4-11(8-15)17-12(14)16/h1-3,6,11,15H,4-5,8H2. The molecule has 1 aliphatic heterocycles. The third kappa shape index (κ3) is 2.37. The fourth-order valence-corrected chi connectivity index (χ4v) is 1.74. The number of aliphatic hydroxyl groups is 1. The van der Waals surface area contributed by atoms with Crippen LogP contribution < -0.4 is 4.90 Å². The van der Waals surface area contributed by atoms with Gasteiger partial charge in [-0.3, -0.25) is 4.90 Å². The zero-order valence-corrected chi connectivity index (χ0v) is 9.17. The van der Waals surface area contributed by atoms with Gasteiger partial charge in [0, 0.05) is 18.7 Å². The maximum absolute atomic E-state index is 11.7. The molecule has 1 saturated heterocycles. The van der Waals surface area contributed by atoms with Crippen molar-refractivity contribution in [2.24, 2.45) is 0 Å². The van der Waals surface area contributed by atoms with Crippen LogP contribution in [-0.4, -0.2) is 30.5 Å². The molecule has 0 spiro atoms. The first-order valence-electron chi connectivity index (χ1n) is 5.34. The third-order valence-corrected chi connectivity index (χ3v) is 2.65. The summed E-state index contributed by atoms with van der Waals surface area (Å²) in [6.45, 7) is 0.330. The van der Waals surface area contributed by atoms with Gasteiger partial charge in [-0.2, -0.15) is 5.26 Å². The first-order chi connectivity index (χ1) is 8.24. The second kappa shape index (κ2) is 4.85. The van der Waals surface area contributed by atoms with E-state index in [4.69, 9.17) is 15.1 Å². The quantitative estimate of drug-likeness (QED) is 0.833. The van der Waals surface area contributed by atoms with E-state index in [1.54, 1.807) is 24.3 Å². The molecule has 1 atom stereocenters. The molecule has 1 aliphatic rings. The van der Waals surface area contributed by atoms with Crippen LogP contribution >= 0.6 is 0 Å². The molecule has 0 aliphatic carbocycles. The fourth-order valence-electron chi connectivity index (χ4n) is 1.74. The highest BCUT2D eigenvalue weighted by molar-refractivity contribution is 5.88. The van der Waals surface area contributed by atoms with Crippen LogP contribution in [0.2, 0.25) is 0 Å². The van der Waals surface area contributed by atoms with Gasteiger partial charge >= 0.3 is 6.09 Å². The van der Waals surface area contributed by atoms with Crippen molar-refractivity contribution in [2.75, 3.05) is 18.1 Å². The second-order valence-electron chi connectivity index (χ2n) is 3.79. The van der Waals surface area contributed by atoms with Gasteiger partial charge in [-0.05, 0) is 18.2 Å². The van der Waals surface area contributed by atoms with E-state index in [0.29, 0.717) is 24.2 Å². The number of rotatable bonds is 2. The summed E-state index contributed by atoms with van der Waals surface area (Å²) in [5.74, 6) is 0. The Kier molecular flexibility index (Phi) is 3.26. The molecule has 1 heterocycles. The highest BCUT2D eigenvalue weighted by Crippen LogP contribution is 2.21. The van der Waals surface area contributed by atoms with Crippen LogP contribution in [0.3, 0.4) is 0 Å². The molecule has 2 rings (SSSR count). The molecule has 1 N–H and O–H groups in total. The summed E-state index contributed by atoms with van der Waals surface area (Å²) in [5, 5.41) is 17.7. The summed E-state index contributed by atoms with van der Waals surface area (Å²) in [7, 11) is 0. The summed E-state index contributed by atoms with van der Waals surface area (Å²) in [5.41, 5.74) is 1.14. The molecule has 0 radical (unpaired) electrons.